The summed E-state index contributed by atoms with van der Waals surface area (Å²) in [6, 6.07) is 1.37. The summed E-state index contributed by atoms with van der Waals surface area (Å²) in [5.41, 5.74) is 0. The molecule has 0 aliphatic carbocycles. The van der Waals surface area contributed by atoms with E-state index >= 15 is 0 Å². The molecule has 0 aliphatic rings. The van der Waals surface area contributed by atoms with E-state index in [0.29, 0.717) is 26.4 Å². The van der Waals surface area contributed by atoms with Gasteiger partial charge in [-0.15, -0.1) is 0 Å². The average molecular weight is 512 g/mol. The van der Waals surface area contributed by atoms with E-state index in [9.17, 15) is 4.39 Å². The zero-order valence-electron chi connectivity index (χ0n) is 11.3. The van der Waals surface area contributed by atoms with Crippen LogP contribution in [0.2, 0.25) is 0 Å². The molecule has 1 heterocycles. The van der Waals surface area contributed by atoms with Crippen molar-refractivity contribution >= 4 is 56.4 Å². The van der Waals surface area contributed by atoms with Crippen LogP contribution in [-0.4, -0.2) is 29.2 Å². The second kappa shape index (κ2) is 7.60. The number of pyridine rings is 1. The topological polar surface area (TPSA) is 31.4 Å². The lowest BCUT2D eigenvalue weighted by atomic mass is 10.3. The van der Waals surface area contributed by atoms with E-state index in [0.717, 1.165) is 0 Å². The van der Waals surface area contributed by atoms with Gasteiger partial charge in [0.05, 0.1) is 0 Å². The maximum absolute atomic E-state index is 13.4. The molecule has 0 amide bonds. The molecule has 0 saturated heterocycles. The Labute approximate surface area is 143 Å². The highest BCUT2D eigenvalue weighted by Gasteiger charge is 2.31. The molecule has 3 nitrogen and oxygen atoms in total. The van der Waals surface area contributed by atoms with Crippen molar-refractivity contribution in [2.75, 3.05) is 19.5 Å². The van der Waals surface area contributed by atoms with Crippen molar-refractivity contribution in [2.24, 2.45) is 0 Å². The lowest BCUT2D eigenvalue weighted by molar-refractivity contribution is 0.229. The predicted octanol–water partition coefficient (Wildman–Crippen LogP) is 3.79. The van der Waals surface area contributed by atoms with Crippen LogP contribution in [0.3, 0.4) is 0 Å². The van der Waals surface area contributed by atoms with Crippen molar-refractivity contribution in [1.29, 1.82) is 0 Å². The number of ether oxygens (including phenoxy) is 1. The molecule has 1 unspecified atom stereocenters. The molecular formula is C12H17FI2NO2S+. The van der Waals surface area contributed by atoms with Gasteiger partial charge in [-0.1, -0.05) is 0 Å². The van der Waals surface area contributed by atoms with Crippen LogP contribution in [0.5, 0.6) is 5.75 Å². The van der Waals surface area contributed by atoms with E-state index in [1.807, 2.05) is 45.2 Å². The first-order valence-corrected chi connectivity index (χ1v) is 9.37. The van der Waals surface area contributed by atoms with E-state index in [1.165, 1.54) is 6.07 Å². The van der Waals surface area contributed by atoms with Crippen molar-refractivity contribution in [1.82, 2.24) is 4.98 Å². The predicted molar refractivity (Wildman–Crippen MR) is 94.1 cm³/mol. The van der Waals surface area contributed by atoms with Gasteiger partial charge in [-0.3, -0.25) is 0 Å². The van der Waals surface area contributed by atoms with Gasteiger partial charge in [0, 0.05) is 6.07 Å². The van der Waals surface area contributed by atoms with Gasteiger partial charge in [0.25, 0.3) is 0 Å². The molecule has 0 aliphatic heterocycles. The van der Waals surface area contributed by atoms with Crippen LogP contribution in [0.4, 0.5) is 4.39 Å². The Bertz CT molecular complexity index is 440. The number of halogens is 3. The number of hydrogen-bond acceptors (Lipinski definition) is 3. The van der Waals surface area contributed by atoms with Crippen molar-refractivity contribution in [3.05, 3.63) is 19.3 Å². The van der Waals surface area contributed by atoms with E-state index < -0.39 is 0 Å². The van der Waals surface area contributed by atoms with Crippen molar-refractivity contribution < 1.29 is 13.3 Å². The quantitative estimate of drug-likeness (QED) is 0.261. The van der Waals surface area contributed by atoms with Crippen molar-refractivity contribution in [3.8, 4) is 5.75 Å². The second-order valence-electron chi connectivity index (χ2n) is 4.79. The van der Waals surface area contributed by atoms with Crippen molar-refractivity contribution in [3.63, 3.8) is 0 Å². The molecule has 0 fully saturated rings. The molecule has 1 aromatic rings. The van der Waals surface area contributed by atoms with E-state index in [4.69, 9.17) is 8.92 Å². The highest BCUT2D eigenvalue weighted by Crippen LogP contribution is 2.23. The van der Waals surface area contributed by atoms with Crippen LogP contribution in [0, 0.1) is 13.2 Å². The van der Waals surface area contributed by atoms with Crippen LogP contribution >= 0.6 is 45.2 Å². The summed E-state index contributed by atoms with van der Waals surface area (Å²) in [4.78, 5) is 4.06. The third-order valence-electron chi connectivity index (χ3n) is 2.32. The fourth-order valence-electron chi connectivity index (χ4n) is 1.02. The van der Waals surface area contributed by atoms with E-state index in [-0.39, 0.29) is 21.7 Å². The summed E-state index contributed by atoms with van der Waals surface area (Å²) in [6.07, 6.45) is 2.07. The number of rotatable bonds is 5. The molecule has 0 N–H and O–H groups in total. The molecule has 19 heavy (non-hydrogen) atoms. The largest absolute Gasteiger partial charge is 0.488 e. The summed E-state index contributed by atoms with van der Waals surface area (Å²) in [5.74, 6) is 0.107. The minimum absolute atomic E-state index is 0.130. The minimum Gasteiger partial charge on any atom is -0.488 e. The lowest BCUT2D eigenvalue weighted by Gasteiger charge is -2.15. The van der Waals surface area contributed by atoms with Crippen LogP contribution in [0.25, 0.3) is 0 Å². The van der Waals surface area contributed by atoms with Gasteiger partial charge < -0.3 is 4.74 Å². The standard InChI is InChI=1S/C12H17FI2NO2S/c1-12(2,3)19(4)18-6-5-17-9-7-8(13)10(14)16-11(9)15/h7H,5-6H2,1-4H3/q+1. The SMILES string of the molecule is C[S+](OCCOc1cc(F)c(I)nc1I)C(C)(C)C. The van der Waals surface area contributed by atoms with Gasteiger partial charge in [0.2, 0.25) is 0 Å². The van der Waals surface area contributed by atoms with Crippen LogP contribution in [0.1, 0.15) is 20.8 Å². The fourth-order valence-corrected chi connectivity index (χ4v) is 3.10. The first-order valence-electron chi connectivity index (χ1n) is 5.65. The van der Waals surface area contributed by atoms with Gasteiger partial charge >= 0.3 is 0 Å². The number of nitrogens with zero attached hydrogens (tertiary/aromatic N) is 1. The Morgan fingerprint density at radius 2 is 1.89 bits per heavy atom. The van der Waals surface area contributed by atoms with Crippen LogP contribution in [-0.2, 0) is 15.4 Å². The molecular weight excluding hydrogens is 495 g/mol. The Kier molecular flexibility index (Phi) is 7.08. The number of hydrogen-bond donors (Lipinski definition) is 0. The summed E-state index contributed by atoms with van der Waals surface area (Å²) in [7, 11) is 0. The zero-order chi connectivity index (χ0) is 14.6. The summed E-state index contributed by atoms with van der Waals surface area (Å²) in [6.45, 7) is 7.29. The van der Waals surface area contributed by atoms with Gasteiger partial charge in [0.15, 0.2) is 16.3 Å². The fraction of sp³-hybridized carbons (Fsp3) is 0.583. The average Bonchev–Trinajstić information content (AvgIpc) is 2.29. The first-order chi connectivity index (χ1) is 8.71. The number of aromatic nitrogens is 1. The first kappa shape index (κ1) is 17.7. The van der Waals surface area contributed by atoms with Gasteiger partial charge in [0.1, 0.15) is 38.0 Å². The molecule has 1 rings (SSSR count). The third-order valence-corrected chi connectivity index (χ3v) is 6.09. The molecule has 0 bridgehead atoms. The van der Waals surface area contributed by atoms with Crippen LogP contribution < -0.4 is 4.74 Å². The molecule has 0 saturated carbocycles. The summed E-state index contributed by atoms with van der Waals surface area (Å²) >= 11 is 3.76. The Morgan fingerprint density at radius 3 is 2.47 bits per heavy atom. The minimum atomic E-state index is -0.359. The molecule has 1 atom stereocenters. The molecule has 1 aromatic heterocycles. The lowest BCUT2D eigenvalue weighted by Crippen LogP contribution is -2.30. The molecule has 0 radical (unpaired) electrons. The molecule has 7 heteroatoms. The Balaban J connectivity index is 2.44. The molecule has 0 spiro atoms. The Morgan fingerprint density at radius 1 is 1.26 bits per heavy atom. The summed E-state index contributed by atoms with van der Waals surface area (Å²) < 4.78 is 25.7. The molecule has 108 valence electrons. The third kappa shape index (κ3) is 5.88. The Hall–Kier alpha value is 0.650. The smallest absolute Gasteiger partial charge is 0.158 e. The maximum Gasteiger partial charge on any atom is 0.158 e. The highest BCUT2D eigenvalue weighted by atomic mass is 127. The van der Waals surface area contributed by atoms with Gasteiger partial charge in [-0.25, -0.2) is 9.37 Å². The highest BCUT2D eigenvalue weighted by molar-refractivity contribution is 14.1. The van der Waals surface area contributed by atoms with Gasteiger partial charge in [-0.2, -0.15) is 4.18 Å². The maximum atomic E-state index is 13.4. The van der Waals surface area contributed by atoms with E-state index in [1.54, 1.807) is 0 Å². The monoisotopic (exact) mass is 512 g/mol. The summed E-state index contributed by atoms with van der Waals surface area (Å²) in [5, 5.41) is 0. The molecule has 0 aromatic carbocycles. The van der Waals surface area contributed by atoms with Crippen molar-refractivity contribution in [2.45, 2.75) is 25.5 Å². The zero-order valence-corrected chi connectivity index (χ0v) is 16.4. The van der Waals surface area contributed by atoms with Crippen LogP contribution in [0.15, 0.2) is 6.07 Å². The normalized spacial score (nSPS) is 13.4. The van der Waals surface area contributed by atoms with Gasteiger partial charge in [-0.05, 0) is 66.0 Å². The second-order valence-corrected chi connectivity index (χ2v) is 9.20. The van der Waals surface area contributed by atoms with E-state index in [2.05, 4.69) is 32.0 Å².